The largest absolute Gasteiger partial charge is 0.493 e. The molecule has 1 heterocycles. The normalized spacial score (nSPS) is 11.8. The van der Waals surface area contributed by atoms with E-state index in [1.807, 2.05) is 51.1 Å². The van der Waals surface area contributed by atoms with Crippen LogP contribution in [-0.4, -0.2) is 47.5 Å². The molecule has 0 unspecified atom stereocenters. The van der Waals surface area contributed by atoms with Crippen molar-refractivity contribution in [2.75, 3.05) is 19.5 Å². The van der Waals surface area contributed by atoms with Crippen molar-refractivity contribution in [3.63, 3.8) is 0 Å². The molecule has 214 valence electrons. The second kappa shape index (κ2) is 13.6. The predicted octanol–water partition coefficient (Wildman–Crippen LogP) is 4.79. The fraction of sp³-hybridized carbons (Fsp3) is 0.400. The number of carbonyl (C=O) groups excluding carboxylic acids is 3. The van der Waals surface area contributed by atoms with Gasteiger partial charge in [-0.25, -0.2) is 0 Å². The van der Waals surface area contributed by atoms with Crippen LogP contribution < -0.4 is 20.1 Å². The first-order chi connectivity index (χ1) is 19.1. The number of para-hydroxylation sites is 1. The standard InChI is InChI=1S/C30H38N4O6/c1-7-30(3,4)32-29(37)27(22-14-11-15-23(38-5)28(22)39-6)34(19-21-12-9-8-10-13-21)26(36)17-16-25(35)31-24-18-20(2)40-33-24/h8-15,18,27H,7,16-17,19H2,1-6H3,(H,32,37)(H,31,33,35)/t27-/m0/s1. The van der Waals surface area contributed by atoms with E-state index in [9.17, 15) is 14.4 Å². The third kappa shape index (κ3) is 7.84. The summed E-state index contributed by atoms with van der Waals surface area (Å²) in [5.74, 6) is 0.465. The summed E-state index contributed by atoms with van der Waals surface area (Å²) >= 11 is 0. The van der Waals surface area contributed by atoms with E-state index >= 15 is 0 Å². The lowest BCUT2D eigenvalue weighted by Gasteiger charge is -2.35. The maximum Gasteiger partial charge on any atom is 0.248 e. The quantitative estimate of drug-likeness (QED) is 0.314. The molecule has 0 aliphatic heterocycles. The van der Waals surface area contributed by atoms with Crippen LogP contribution >= 0.6 is 0 Å². The van der Waals surface area contributed by atoms with Gasteiger partial charge in [-0.1, -0.05) is 54.5 Å². The molecule has 1 aromatic heterocycles. The van der Waals surface area contributed by atoms with Crippen LogP contribution in [0, 0.1) is 6.92 Å². The molecule has 2 N–H and O–H groups in total. The molecule has 2 aromatic carbocycles. The van der Waals surface area contributed by atoms with Crippen LogP contribution in [-0.2, 0) is 20.9 Å². The van der Waals surface area contributed by atoms with Crippen molar-refractivity contribution < 1.29 is 28.4 Å². The number of hydrogen-bond donors (Lipinski definition) is 2. The SMILES string of the molecule is CCC(C)(C)NC(=O)[C@H](c1cccc(OC)c1OC)N(Cc1ccccc1)C(=O)CCC(=O)Nc1cc(C)on1. The number of nitrogens with zero attached hydrogens (tertiary/aromatic N) is 2. The molecule has 0 saturated heterocycles. The van der Waals surface area contributed by atoms with Gasteiger partial charge in [-0.2, -0.15) is 0 Å². The van der Waals surface area contributed by atoms with Gasteiger partial charge in [-0.3, -0.25) is 14.4 Å². The molecule has 10 heteroatoms. The Morgan fingerprint density at radius 3 is 2.35 bits per heavy atom. The highest BCUT2D eigenvalue weighted by Crippen LogP contribution is 2.38. The minimum Gasteiger partial charge on any atom is -0.493 e. The van der Waals surface area contributed by atoms with Crippen LogP contribution in [0.1, 0.15) is 63.0 Å². The molecule has 0 fully saturated rings. The number of methoxy groups -OCH3 is 2. The van der Waals surface area contributed by atoms with Gasteiger partial charge in [0.25, 0.3) is 0 Å². The lowest BCUT2D eigenvalue weighted by Crippen LogP contribution is -2.50. The van der Waals surface area contributed by atoms with E-state index in [4.69, 9.17) is 14.0 Å². The Kier molecular flexibility index (Phi) is 10.3. The molecule has 0 bridgehead atoms. The van der Waals surface area contributed by atoms with Crippen LogP contribution in [0.15, 0.2) is 59.1 Å². The summed E-state index contributed by atoms with van der Waals surface area (Å²) in [6.45, 7) is 7.66. The molecule has 1 atom stereocenters. The molecule has 40 heavy (non-hydrogen) atoms. The van der Waals surface area contributed by atoms with Gasteiger partial charge in [-0.05, 0) is 38.8 Å². The Bertz CT molecular complexity index is 1300. The Morgan fingerprint density at radius 2 is 1.75 bits per heavy atom. The number of nitrogens with one attached hydrogen (secondary N) is 2. The van der Waals surface area contributed by atoms with Gasteiger partial charge in [0, 0.05) is 36.6 Å². The van der Waals surface area contributed by atoms with E-state index in [1.165, 1.54) is 19.1 Å². The monoisotopic (exact) mass is 550 g/mol. The summed E-state index contributed by atoms with van der Waals surface area (Å²) in [6, 6.07) is 15.1. The van der Waals surface area contributed by atoms with E-state index in [2.05, 4.69) is 15.8 Å². The lowest BCUT2D eigenvalue weighted by molar-refractivity contribution is -0.143. The number of aromatic nitrogens is 1. The molecule has 3 rings (SSSR count). The van der Waals surface area contributed by atoms with E-state index in [0.717, 1.165) is 5.56 Å². The van der Waals surface area contributed by atoms with Crippen molar-refractivity contribution in [1.29, 1.82) is 0 Å². The number of aryl methyl sites for hydroxylation is 1. The summed E-state index contributed by atoms with van der Waals surface area (Å²) in [7, 11) is 3.00. The molecule has 0 aliphatic carbocycles. The van der Waals surface area contributed by atoms with Gasteiger partial charge in [0.05, 0.1) is 14.2 Å². The zero-order valence-electron chi connectivity index (χ0n) is 23.9. The van der Waals surface area contributed by atoms with Crippen molar-refractivity contribution in [2.24, 2.45) is 0 Å². The first-order valence-electron chi connectivity index (χ1n) is 13.2. The fourth-order valence-electron chi connectivity index (χ4n) is 4.17. The van der Waals surface area contributed by atoms with Crippen molar-refractivity contribution in [3.05, 3.63) is 71.5 Å². The number of anilines is 1. The Labute approximate surface area is 235 Å². The molecule has 0 spiro atoms. The summed E-state index contributed by atoms with van der Waals surface area (Å²) in [6.07, 6.45) is 0.428. The maximum atomic E-state index is 14.0. The highest BCUT2D eigenvalue weighted by atomic mass is 16.5. The second-order valence-corrected chi connectivity index (χ2v) is 10.1. The zero-order valence-corrected chi connectivity index (χ0v) is 23.9. The highest BCUT2D eigenvalue weighted by molar-refractivity contribution is 5.94. The molecule has 3 amide bonds. The van der Waals surface area contributed by atoms with E-state index in [1.54, 1.807) is 31.2 Å². The number of carbonyl (C=O) groups is 3. The average molecular weight is 551 g/mol. The smallest absolute Gasteiger partial charge is 0.248 e. The lowest BCUT2D eigenvalue weighted by atomic mass is 9.97. The van der Waals surface area contributed by atoms with Gasteiger partial charge < -0.3 is 29.5 Å². The average Bonchev–Trinajstić information content (AvgIpc) is 3.35. The number of hydrogen-bond acceptors (Lipinski definition) is 7. The molecular formula is C30H38N4O6. The minimum absolute atomic E-state index is 0.111. The summed E-state index contributed by atoms with van der Waals surface area (Å²) < 4.78 is 16.2. The summed E-state index contributed by atoms with van der Waals surface area (Å²) in [5.41, 5.74) is 0.768. The molecule has 10 nitrogen and oxygen atoms in total. The third-order valence-corrected chi connectivity index (χ3v) is 6.61. The van der Waals surface area contributed by atoms with Gasteiger partial charge in [0.1, 0.15) is 11.8 Å². The highest BCUT2D eigenvalue weighted by Gasteiger charge is 2.36. The Morgan fingerprint density at radius 1 is 1.02 bits per heavy atom. The van der Waals surface area contributed by atoms with Gasteiger partial charge in [0.2, 0.25) is 17.7 Å². The van der Waals surface area contributed by atoms with Crippen molar-refractivity contribution in [2.45, 2.75) is 65.1 Å². The Hall–Kier alpha value is -4.34. The van der Waals surface area contributed by atoms with Gasteiger partial charge >= 0.3 is 0 Å². The summed E-state index contributed by atoms with van der Waals surface area (Å²) in [5, 5.41) is 9.48. The Balaban J connectivity index is 2.01. The molecular weight excluding hydrogens is 512 g/mol. The number of ether oxygens (including phenoxy) is 2. The van der Waals surface area contributed by atoms with Gasteiger partial charge in [-0.15, -0.1) is 0 Å². The predicted molar refractivity (Wildman–Crippen MR) is 151 cm³/mol. The van der Waals surface area contributed by atoms with Crippen LogP contribution in [0.5, 0.6) is 11.5 Å². The zero-order chi connectivity index (χ0) is 29.3. The van der Waals surface area contributed by atoms with Crippen LogP contribution in [0.25, 0.3) is 0 Å². The number of benzene rings is 2. The maximum absolute atomic E-state index is 14.0. The van der Waals surface area contributed by atoms with E-state index < -0.39 is 17.5 Å². The van der Waals surface area contributed by atoms with Crippen LogP contribution in [0.2, 0.25) is 0 Å². The second-order valence-electron chi connectivity index (χ2n) is 10.1. The number of rotatable bonds is 13. The molecule has 0 saturated carbocycles. The van der Waals surface area contributed by atoms with Crippen molar-refractivity contribution in [1.82, 2.24) is 15.4 Å². The van der Waals surface area contributed by atoms with E-state index in [0.29, 0.717) is 29.2 Å². The summed E-state index contributed by atoms with van der Waals surface area (Å²) in [4.78, 5) is 42.0. The molecule has 0 aliphatic rings. The van der Waals surface area contributed by atoms with Crippen LogP contribution in [0.4, 0.5) is 5.82 Å². The van der Waals surface area contributed by atoms with E-state index in [-0.39, 0.29) is 37.0 Å². The van der Waals surface area contributed by atoms with Crippen molar-refractivity contribution >= 4 is 23.5 Å². The first-order valence-corrected chi connectivity index (χ1v) is 13.2. The van der Waals surface area contributed by atoms with Crippen molar-refractivity contribution in [3.8, 4) is 11.5 Å². The molecule has 3 aromatic rings. The first kappa shape index (κ1) is 30.2. The number of amides is 3. The fourth-order valence-corrected chi connectivity index (χ4v) is 4.17. The third-order valence-electron chi connectivity index (χ3n) is 6.61. The van der Waals surface area contributed by atoms with Gasteiger partial charge in [0.15, 0.2) is 17.3 Å². The minimum atomic E-state index is -1.06. The van der Waals surface area contributed by atoms with Crippen LogP contribution in [0.3, 0.4) is 0 Å². The molecule has 0 radical (unpaired) electrons. The topological polar surface area (TPSA) is 123 Å².